The minimum atomic E-state index is -0.451. The molecular formula is C11H11NO4. The van der Waals surface area contributed by atoms with Gasteiger partial charge >= 0.3 is 5.97 Å². The van der Waals surface area contributed by atoms with Crippen LogP contribution in [0.25, 0.3) is 0 Å². The Labute approximate surface area is 92.2 Å². The van der Waals surface area contributed by atoms with Gasteiger partial charge in [-0.1, -0.05) is 0 Å². The third-order valence-corrected chi connectivity index (χ3v) is 2.67. The van der Waals surface area contributed by atoms with Crippen molar-refractivity contribution in [3.63, 3.8) is 0 Å². The minimum absolute atomic E-state index is 0.0227. The predicted molar refractivity (Wildman–Crippen MR) is 56.4 cm³/mol. The normalized spacial score (nSPS) is 14.6. The number of nitrogens with zero attached hydrogens (tertiary/aromatic N) is 1. The average molecular weight is 221 g/mol. The van der Waals surface area contributed by atoms with Crippen molar-refractivity contribution in [3.8, 4) is 0 Å². The van der Waals surface area contributed by atoms with Crippen molar-refractivity contribution in [3.05, 3.63) is 39.4 Å². The minimum Gasteiger partial charge on any atom is -0.465 e. The van der Waals surface area contributed by atoms with E-state index in [9.17, 15) is 14.9 Å². The predicted octanol–water partition coefficient (Wildman–Crippen LogP) is 2.26. The zero-order valence-electron chi connectivity index (χ0n) is 8.80. The number of hydrogen-bond donors (Lipinski definition) is 0. The third-order valence-electron chi connectivity index (χ3n) is 2.67. The van der Waals surface area contributed by atoms with Crippen LogP contribution in [-0.2, 0) is 4.74 Å². The fraction of sp³-hybridized carbons (Fsp3) is 0.364. The number of carbonyl (C=O) groups excluding carboxylic acids is 1. The van der Waals surface area contributed by atoms with Crippen LogP contribution in [0.15, 0.2) is 18.2 Å². The zero-order valence-corrected chi connectivity index (χ0v) is 8.80. The summed E-state index contributed by atoms with van der Waals surface area (Å²) in [6.07, 6.45) is 1.95. The Bertz CT molecular complexity index is 451. The average Bonchev–Trinajstić information content (AvgIpc) is 3.11. The first-order valence-corrected chi connectivity index (χ1v) is 5.00. The number of hydrogen-bond acceptors (Lipinski definition) is 4. The molecule has 1 aromatic carbocycles. The van der Waals surface area contributed by atoms with Gasteiger partial charge in [0.25, 0.3) is 5.69 Å². The molecule has 1 saturated carbocycles. The van der Waals surface area contributed by atoms with Gasteiger partial charge in [0.1, 0.15) is 0 Å². The highest BCUT2D eigenvalue weighted by atomic mass is 16.6. The van der Waals surface area contributed by atoms with E-state index >= 15 is 0 Å². The van der Waals surface area contributed by atoms with Gasteiger partial charge in [0.05, 0.1) is 17.6 Å². The fourth-order valence-electron chi connectivity index (χ4n) is 1.69. The third kappa shape index (κ3) is 1.88. The van der Waals surface area contributed by atoms with Crippen molar-refractivity contribution < 1.29 is 14.5 Å². The maximum absolute atomic E-state index is 11.5. The smallest absolute Gasteiger partial charge is 0.338 e. The van der Waals surface area contributed by atoms with Crippen molar-refractivity contribution in [2.75, 3.05) is 7.11 Å². The number of carbonyl (C=O) groups is 1. The van der Waals surface area contributed by atoms with Crippen LogP contribution < -0.4 is 0 Å². The van der Waals surface area contributed by atoms with E-state index in [1.807, 2.05) is 0 Å². The molecule has 5 nitrogen and oxygen atoms in total. The highest BCUT2D eigenvalue weighted by Crippen LogP contribution is 2.42. The molecule has 1 aliphatic rings. The van der Waals surface area contributed by atoms with Crippen molar-refractivity contribution in [2.45, 2.75) is 18.8 Å². The molecule has 1 fully saturated rings. The maximum atomic E-state index is 11.5. The number of non-ortho nitro benzene ring substituents is 1. The van der Waals surface area contributed by atoms with E-state index in [1.54, 1.807) is 0 Å². The van der Waals surface area contributed by atoms with E-state index in [0.29, 0.717) is 5.56 Å². The molecular weight excluding hydrogens is 210 g/mol. The summed E-state index contributed by atoms with van der Waals surface area (Å²) >= 11 is 0. The lowest BCUT2D eigenvalue weighted by Crippen LogP contribution is -2.05. The molecule has 0 radical (unpaired) electrons. The van der Waals surface area contributed by atoms with Gasteiger partial charge in [-0.05, 0) is 30.4 Å². The van der Waals surface area contributed by atoms with E-state index < -0.39 is 10.9 Å². The molecule has 2 rings (SSSR count). The number of esters is 1. The summed E-state index contributed by atoms with van der Waals surface area (Å²) in [5.41, 5.74) is 1.20. The first-order chi connectivity index (χ1) is 7.63. The molecule has 0 heterocycles. The maximum Gasteiger partial charge on any atom is 0.338 e. The van der Waals surface area contributed by atoms with Crippen LogP contribution in [-0.4, -0.2) is 18.0 Å². The van der Waals surface area contributed by atoms with Crippen molar-refractivity contribution in [2.24, 2.45) is 0 Å². The zero-order chi connectivity index (χ0) is 11.7. The highest BCUT2D eigenvalue weighted by molar-refractivity contribution is 5.91. The van der Waals surface area contributed by atoms with Gasteiger partial charge in [0.15, 0.2) is 0 Å². The van der Waals surface area contributed by atoms with Crippen LogP contribution >= 0.6 is 0 Å². The second kappa shape index (κ2) is 3.92. The van der Waals surface area contributed by atoms with Crippen LogP contribution in [0.2, 0.25) is 0 Å². The molecule has 0 atom stereocenters. The Morgan fingerprint density at radius 3 is 2.69 bits per heavy atom. The van der Waals surface area contributed by atoms with Gasteiger partial charge in [0, 0.05) is 12.1 Å². The molecule has 0 aromatic heterocycles. The highest BCUT2D eigenvalue weighted by Gasteiger charge is 2.30. The van der Waals surface area contributed by atoms with Crippen molar-refractivity contribution in [1.29, 1.82) is 0 Å². The topological polar surface area (TPSA) is 69.4 Å². The first-order valence-electron chi connectivity index (χ1n) is 5.00. The molecule has 0 N–H and O–H groups in total. The lowest BCUT2D eigenvalue weighted by molar-refractivity contribution is -0.384. The molecule has 0 aliphatic heterocycles. The van der Waals surface area contributed by atoms with Crippen molar-refractivity contribution in [1.82, 2.24) is 0 Å². The van der Waals surface area contributed by atoms with E-state index in [1.165, 1.54) is 25.3 Å². The molecule has 5 heteroatoms. The lowest BCUT2D eigenvalue weighted by Gasteiger charge is -2.06. The van der Waals surface area contributed by atoms with E-state index in [4.69, 9.17) is 0 Å². The Morgan fingerprint density at radius 1 is 1.50 bits per heavy atom. The molecule has 0 unspecified atom stereocenters. The van der Waals surface area contributed by atoms with Gasteiger partial charge in [-0.25, -0.2) is 4.79 Å². The molecule has 0 saturated heterocycles. The lowest BCUT2D eigenvalue weighted by atomic mass is 10.0. The number of rotatable bonds is 3. The van der Waals surface area contributed by atoms with Crippen LogP contribution in [0.4, 0.5) is 5.69 Å². The van der Waals surface area contributed by atoms with Crippen LogP contribution in [0.3, 0.4) is 0 Å². The Morgan fingerprint density at radius 2 is 2.19 bits per heavy atom. The standard InChI is InChI=1S/C11H11NO4/c1-16-11(13)9-5-4-8(12(14)15)6-10(9)7-2-3-7/h4-7H,2-3H2,1H3. The quantitative estimate of drug-likeness (QED) is 0.446. The van der Waals surface area contributed by atoms with Gasteiger partial charge in [-0.3, -0.25) is 10.1 Å². The molecule has 0 bridgehead atoms. The Hall–Kier alpha value is -1.91. The fourth-order valence-corrected chi connectivity index (χ4v) is 1.69. The number of benzene rings is 1. The second-order valence-corrected chi connectivity index (χ2v) is 3.79. The number of ether oxygens (including phenoxy) is 1. The summed E-state index contributed by atoms with van der Waals surface area (Å²) in [4.78, 5) is 21.6. The summed E-state index contributed by atoms with van der Waals surface area (Å²) < 4.78 is 4.65. The summed E-state index contributed by atoms with van der Waals surface area (Å²) in [6, 6.07) is 4.28. The summed E-state index contributed by atoms with van der Waals surface area (Å²) in [5, 5.41) is 10.6. The van der Waals surface area contributed by atoms with Crippen molar-refractivity contribution >= 4 is 11.7 Å². The Kier molecular flexibility index (Phi) is 2.60. The van der Waals surface area contributed by atoms with Crippen LogP contribution in [0, 0.1) is 10.1 Å². The number of nitro benzene ring substituents is 1. The summed E-state index contributed by atoms with van der Waals surface area (Å²) in [5.74, 6) is -0.161. The molecule has 0 spiro atoms. The number of methoxy groups -OCH3 is 1. The van der Waals surface area contributed by atoms with Crippen LogP contribution in [0.1, 0.15) is 34.7 Å². The first kappa shape index (κ1) is 10.6. The SMILES string of the molecule is COC(=O)c1ccc([N+](=O)[O-])cc1C1CC1. The van der Waals surface area contributed by atoms with Gasteiger partial charge in [0.2, 0.25) is 0 Å². The molecule has 1 aliphatic carbocycles. The molecule has 1 aromatic rings. The Balaban J connectivity index is 2.45. The summed E-state index contributed by atoms with van der Waals surface area (Å²) in [7, 11) is 1.31. The van der Waals surface area contributed by atoms with Gasteiger partial charge in [-0.2, -0.15) is 0 Å². The number of nitro groups is 1. The largest absolute Gasteiger partial charge is 0.465 e. The molecule has 0 amide bonds. The molecule has 84 valence electrons. The second-order valence-electron chi connectivity index (χ2n) is 3.79. The van der Waals surface area contributed by atoms with Gasteiger partial charge < -0.3 is 4.74 Å². The van der Waals surface area contributed by atoms with E-state index in [-0.39, 0.29) is 11.6 Å². The summed E-state index contributed by atoms with van der Waals surface area (Å²) in [6.45, 7) is 0. The van der Waals surface area contributed by atoms with Crippen LogP contribution in [0.5, 0.6) is 0 Å². The molecule has 16 heavy (non-hydrogen) atoms. The van der Waals surface area contributed by atoms with Gasteiger partial charge in [-0.15, -0.1) is 0 Å². The van der Waals surface area contributed by atoms with E-state index in [0.717, 1.165) is 18.4 Å². The monoisotopic (exact) mass is 221 g/mol. The van der Waals surface area contributed by atoms with E-state index in [2.05, 4.69) is 4.74 Å².